The Hall–Kier alpha value is -1.60. The maximum Gasteiger partial charge on any atom is 0.413 e. The summed E-state index contributed by atoms with van der Waals surface area (Å²) >= 11 is 6.83. The van der Waals surface area contributed by atoms with Crippen LogP contribution in [-0.4, -0.2) is 29.8 Å². The molecule has 0 fully saturated rings. The molecule has 1 aromatic carbocycles. The van der Waals surface area contributed by atoms with Gasteiger partial charge in [-0.3, -0.25) is 5.32 Å². The van der Waals surface area contributed by atoms with Gasteiger partial charge in [-0.2, -0.15) is 0 Å². The first-order valence-electron chi connectivity index (χ1n) is 7.02. The number of hydrogen-bond acceptors (Lipinski definition) is 5. The summed E-state index contributed by atoms with van der Waals surface area (Å²) in [5.41, 5.74) is 2.00. The maximum atomic E-state index is 11.2. The van der Waals surface area contributed by atoms with E-state index in [1.807, 2.05) is 25.1 Å². The molecule has 1 aromatic rings. The molecular weight excluding hydrogens is 318 g/mol. The van der Waals surface area contributed by atoms with Crippen molar-refractivity contribution in [2.24, 2.45) is 0 Å². The van der Waals surface area contributed by atoms with Crippen LogP contribution in [0.4, 0.5) is 10.5 Å². The largest absolute Gasteiger partial charge is 0.453 e. The minimum atomic E-state index is -0.624. The number of hydrogen-bond donors (Lipinski definition) is 3. The van der Waals surface area contributed by atoms with Crippen molar-refractivity contribution < 1.29 is 9.53 Å². The number of thiocarbonyl (C=S) groups is 1. The summed E-state index contributed by atoms with van der Waals surface area (Å²) in [7, 11) is 1.28. The molecule has 0 bridgehead atoms. The Labute approximate surface area is 140 Å². The molecule has 7 heteroatoms. The van der Waals surface area contributed by atoms with E-state index >= 15 is 0 Å². The Balaban J connectivity index is 2.97. The van der Waals surface area contributed by atoms with E-state index in [4.69, 9.17) is 17.6 Å². The normalized spacial score (nSPS) is 9.95. The third kappa shape index (κ3) is 5.65. The van der Waals surface area contributed by atoms with Crippen molar-refractivity contribution in [3.8, 4) is 0 Å². The smallest absolute Gasteiger partial charge is 0.413 e. The van der Waals surface area contributed by atoms with Crippen molar-refractivity contribution in [3.05, 3.63) is 23.8 Å². The van der Waals surface area contributed by atoms with E-state index in [-0.39, 0.29) is 5.11 Å². The molecule has 1 rings (SSSR count). The lowest BCUT2D eigenvalue weighted by Crippen LogP contribution is -2.34. The number of thioether (sulfide) groups is 1. The van der Waals surface area contributed by atoms with E-state index in [1.165, 1.54) is 7.11 Å². The number of benzene rings is 1. The van der Waals surface area contributed by atoms with Gasteiger partial charge in [-0.05, 0) is 49.0 Å². The fourth-order valence-corrected chi connectivity index (χ4v) is 2.69. The summed E-state index contributed by atoms with van der Waals surface area (Å²) in [6.07, 6.45) is 1.08. The highest BCUT2D eigenvalue weighted by molar-refractivity contribution is 7.99. The zero-order chi connectivity index (χ0) is 16.5. The lowest BCUT2D eigenvalue weighted by molar-refractivity contribution is 0.177. The number of rotatable bonds is 6. The van der Waals surface area contributed by atoms with E-state index in [9.17, 15) is 4.79 Å². The minimum Gasteiger partial charge on any atom is -0.453 e. The van der Waals surface area contributed by atoms with Crippen molar-refractivity contribution in [3.63, 3.8) is 0 Å². The van der Waals surface area contributed by atoms with Crippen LogP contribution in [0.2, 0.25) is 0 Å². The molecule has 0 heterocycles. The predicted molar refractivity (Wildman–Crippen MR) is 96.3 cm³/mol. The van der Waals surface area contributed by atoms with Gasteiger partial charge < -0.3 is 15.5 Å². The first kappa shape index (κ1) is 18.4. The highest BCUT2D eigenvalue weighted by atomic mass is 32.2. The SMILES string of the molecule is CCCSc1ccc(C(=N)CC)c(NC(=S)NC(=O)OC)c1. The molecule has 0 spiro atoms. The van der Waals surface area contributed by atoms with Crippen molar-refractivity contribution in [1.29, 1.82) is 5.41 Å². The van der Waals surface area contributed by atoms with Crippen molar-refractivity contribution in [2.75, 3.05) is 18.2 Å². The van der Waals surface area contributed by atoms with Crippen LogP contribution in [0.1, 0.15) is 32.3 Å². The summed E-state index contributed by atoms with van der Waals surface area (Å²) in [5, 5.41) is 13.6. The number of alkyl carbamates (subject to hydrolysis) is 1. The molecule has 22 heavy (non-hydrogen) atoms. The fourth-order valence-electron chi connectivity index (χ4n) is 1.69. The van der Waals surface area contributed by atoms with Gasteiger partial charge in [0.25, 0.3) is 0 Å². The van der Waals surface area contributed by atoms with Gasteiger partial charge >= 0.3 is 6.09 Å². The summed E-state index contributed by atoms with van der Waals surface area (Å²) in [6.45, 7) is 4.06. The van der Waals surface area contributed by atoms with Crippen molar-refractivity contribution in [1.82, 2.24) is 5.32 Å². The van der Waals surface area contributed by atoms with E-state index in [0.717, 1.165) is 22.6 Å². The quantitative estimate of drug-likeness (QED) is 0.415. The summed E-state index contributed by atoms with van der Waals surface area (Å²) in [4.78, 5) is 12.3. The first-order valence-corrected chi connectivity index (χ1v) is 8.41. The van der Waals surface area contributed by atoms with E-state index in [2.05, 4.69) is 22.3 Å². The second-order valence-corrected chi connectivity index (χ2v) is 6.04. The Bertz CT molecular complexity index is 562. The van der Waals surface area contributed by atoms with Crippen molar-refractivity contribution >= 4 is 46.6 Å². The lowest BCUT2D eigenvalue weighted by atomic mass is 10.1. The van der Waals surface area contributed by atoms with E-state index in [1.54, 1.807) is 11.8 Å². The van der Waals surface area contributed by atoms with Crippen molar-refractivity contribution in [2.45, 2.75) is 31.6 Å². The van der Waals surface area contributed by atoms with Gasteiger partial charge in [-0.15, -0.1) is 11.8 Å². The molecule has 0 saturated carbocycles. The van der Waals surface area contributed by atoms with Crippen LogP contribution in [0.3, 0.4) is 0 Å². The predicted octanol–water partition coefficient (Wildman–Crippen LogP) is 4.02. The molecule has 0 aromatic heterocycles. The molecule has 3 N–H and O–H groups in total. The average molecular weight is 339 g/mol. The van der Waals surface area contributed by atoms with Crippen LogP contribution in [0, 0.1) is 5.41 Å². The fraction of sp³-hybridized carbons (Fsp3) is 0.400. The van der Waals surface area contributed by atoms with Crippen LogP contribution in [0.5, 0.6) is 0 Å². The van der Waals surface area contributed by atoms with Gasteiger partial charge in [-0.1, -0.05) is 13.8 Å². The number of ether oxygens (including phenoxy) is 1. The van der Waals surface area contributed by atoms with Crippen LogP contribution >= 0.6 is 24.0 Å². The van der Waals surface area contributed by atoms with Gasteiger partial charge in [0.1, 0.15) is 0 Å². The van der Waals surface area contributed by atoms with Gasteiger partial charge in [0.05, 0.1) is 12.8 Å². The topological polar surface area (TPSA) is 74.2 Å². The Morgan fingerprint density at radius 3 is 2.73 bits per heavy atom. The number of nitrogens with one attached hydrogen (secondary N) is 3. The monoisotopic (exact) mass is 339 g/mol. The molecule has 5 nitrogen and oxygen atoms in total. The second kappa shape index (κ2) is 9.42. The van der Waals surface area contributed by atoms with Crippen LogP contribution in [0.25, 0.3) is 0 Å². The number of anilines is 1. The molecule has 0 aliphatic heterocycles. The average Bonchev–Trinajstić information content (AvgIpc) is 2.52. The summed E-state index contributed by atoms with van der Waals surface area (Å²) in [5.74, 6) is 1.02. The molecule has 0 unspecified atom stereocenters. The zero-order valence-electron chi connectivity index (χ0n) is 13.0. The number of carbonyl (C=O) groups is 1. The molecule has 0 saturated heterocycles. The third-order valence-corrected chi connectivity index (χ3v) is 4.20. The number of carbonyl (C=O) groups excluding carboxylic acids is 1. The van der Waals surface area contributed by atoms with Gasteiger partial charge in [-0.25, -0.2) is 4.79 Å². The number of methoxy groups -OCH3 is 1. The summed E-state index contributed by atoms with van der Waals surface area (Å²) in [6, 6.07) is 5.86. The molecule has 120 valence electrons. The lowest BCUT2D eigenvalue weighted by Gasteiger charge is -2.15. The van der Waals surface area contributed by atoms with Gasteiger partial charge in [0.2, 0.25) is 0 Å². The second-order valence-electron chi connectivity index (χ2n) is 4.46. The molecule has 0 radical (unpaired) electrons. The zero-order valence-corrected chi connectivity index (χ0v) is 14.6. The highest BCUT2D eigenvalue weighted by Crippen LogP contribution is 2.26. The van der Waals surface area contributed by atoms with Gasteiger partial charge in [0, 0.05) is 16.2 Å². The minimum absolute atomic E-state index is 0.148. The Morgan fingerprint density at radius 1 is 1.41 bits per heavy atom. The first-order chi connectivity index (χ1) is 10.5. The van der Waals surface area contributed by atoms with Crippen LogP contribution in [-0.2, 0) is 4.74 Å². The van der Waals surface area contributed by atoms with Crippen LogP contribution in [0.15, 0.2) is 23.1 Å². The van der Waals surface area contributed by atoms with E-state index in [0.29, 0.717) is 17.8 Å². The van der Waals surface area contributed by atoms with Gasteiger partial charge in [0.15, 0.2) is 5.11 Å². The molecule has 0 aliphatic carbocycles. The standard InChI is InChI=1S/C15H21N3O2S2/c1-4-8-22-10-6-7-11(12(16)5-2)13(9-10)17-14(21)18-15(19)20-3/h6-7,9,16H,4-5,8H2,1-3H3,(H2,17,18,19,21). The highest BCUT2D eigenvalue weighted by Gasteiger charge is 2.11. The Kier molecular flexibility index (Phi) is 7.90. The molecular formula is C15H21N3O2S2. The maximum absolute atomic E-state index is 11.2. The number of amides is 1. The molecule has 0 aliphatic rings. The summed E-state index contributed by atoms with van der Waals surface area (Å²) < 4.78 is 4.51. The molecule has 0 atom stereocenters. The molecule has 1 amide bonds. The Morgan fingerprint density at radius 2 is 2.14 bits per heavy atom. The third-order valence-electron chi connectivity index (χ3n) is 2.79. The van der Waals surface area contributed by atoms with Crippen LogP contribution < -0.4 is 10.6 Å². The van der Waals surface area contributed by atoms with E-state index < -0.39 is 6.09 Å².